The lowest BCUT2D eigenvalue weighted by molar-refractivity contribution is -0.384. The number of non-ortho nitro benzene ring substituents is 1. The van der Waals surface area contributed by atoms with Crippen LogP contribution in [0.15, 0.2) is 51.6 Å². The molecule has 0 amide bonds. The predicted octanol–water partition coefficient (Wildman–Crippen LogP) is 3.64. The third-order valence-corrected chi connectivity index (χ3v) is 4.34. The summed E-state index contributed by atoms with van der Waals surface area (Å²) in [7, 11) is 1.42. The number of hydrogen-bond donors (Lipinski definition) is 0. The van der Waals surface area contributed by atoms with E-state index in [0.717, 1.165) is 0 Å². The van der Waals surface area contributed by atoms with E-state index in [1.165, 1.54) is 44.4 Å². The number of nitro benzene ring substituents is 1. The number of halogens is 1. The van der Waals surface area contributed by atoms with E-state index in [1.54, 1.807) is 12.1 Å². The summed E-state index contributed by atoms with van der Waals surface area (Å²) in [5.41, 5.74) is 0.924. The summed E-state index contributed by atoms with van der Waals surface area (Å²) in [5.74, 6) is -0.637. The SMILES string of the molecule is COc1cc(C=C2N=C(c3ccc([N+](=O)[O-])cc3)OC2=O)cc(Br)c1OC(C)=O. The van der Waals surface area contributed by atoms with Crippen LogP contribution in [0.2, 0.25) is 0 Å². The summed E-state index contributed by atoms with van der Waals surface area (Å²) in [6.45, 7) is 1.27. The fourth-order valence-corrected chi connectivity index (χ4v) is 3.02. The minimum Gasteiger partial charge on any atom is -0.493 e. The highest BCUT2D eigenvalue weighted by molar-refractivity contribution is 9.10. The number of esters is 2. The highest BCUT2D eigenvalue weighted by atomic mass is 79.9. The van der Waals surface area contributed by atoms with Gasteiger partial charge in [0.15, 0.2) is 17.2 Å². The number of ether oxygens (including phenoxy) is 3. The molecule has 0 saturated heterocycles. The van der Waals surface area contributed by atoms with Crippen LogP contribution in [0.3, 0.4) is 0 Å². The van der Waals surface area contributed by atoms with E-state index >= 15 is 0 Å². The smallest absolute Gasteiger partial charge is 0.363 e. The number of aliphatic imine (C=N–C) groups is 1. The molecule has 1 aliphatic heterocycles. The molecule has 2 aromatic rings. The molecule has 0 aliphatic carbocycles. The van der Waals surface area contributed by atoms with E-state index in [2.05, 4.69) is 20.9 Å². The molecule has 1 aliphatic rings. The topological polar surface area (TPSA) is 117 Å². The maximum atomic E-state index is 12.2. The van der Waals surface area contributed by atoms with Crippen molar-refractivity contribution < 1.29 is 28.7 Å². The molecular formula is C19H13BrN2O7. The summed E-state index contributed by atoms with van der Waals surface area (Å²) in [6, 6.07) is 8.68. The quantitative estimate of drug-likeness (QED) is 0.219. The van der Waals surface area contributed by atoms with Gasteiger partial charge in [0.2, 0.25) is 5.90 Å². The van der Waals surface area contributed by atoms with Gasteiger partial charge in [-0.2, -0.15) is 0 Å². The molecule has 0 radical (unpaired) electrons. The van der Waals surface area contributed by atoms with Gasteiger partial charge < -0.3 is 14.2 Å². The second kappa shape index (κ2) is 8.23. The second-order valence-corrected chi connectivity index (χ2v) is 6.62. The van der Waals surface area contributed by atoms with E-state index in [1.807, 2.05) is 0 Å². The van der Waals surface area contributed by atoms with Crippen LogP contribution in [0.4, 0.5) is 5.69 Å². The van der Waals surface area contributed by atoms with E-state index in [4.69, 9.17) is 14.2 Å². The van der Waals surface area contributed by atoms with Crippen molar-refractivity contribution in [3.63, 3.8) is 0 Å². The van der Waals surface area contributed by atoms with Crippen molar-refractivity contribution >= 4 is 45.5 Å². The average molecular weight is 461 g/mol. The van der Waals surface area contributed by atoms with Gasteiger partial charge in [0.05, 0.1) is 16.5 Å². The van der Waals surface area contributed by atoms with E-state index < -0.39 is 16.9 Å². The number of rotatable bonds is 5. The average Bonchev–Trinajstić information content (AvgIpc) is 3.04. The Hall–Kier alpha value is -3.53. The maximum absolute atomic E-state index is 12.2. The number of nitro groups is 1. The molecule has 10 heteroatoms. The lowest BCUT2D eigenvalue weighted by Gasteiger charge is -2.11. The van der Waals surface area contributed by atoms with Crippen LogP contribution in [0.25, 0.3) is 6.08 Å². The highest BCUT2D eigenvalue weighted by Gasteiger charge is 2.25. The molecule has 0 saturated carbocycles. The first kappa shape index (κ1) is 20.2. The Kier molecular flexibility index (Phi) is 5.74. The number of hydrogen-bond acceptors (Lipinski definition) is 8. The third kappa shape index (κ3) is 4.49. The van der Waals surface area contributed by atoms with Crippen LogP contribution in [-0.2, 0) is 14.3 Å². The maximum Gasteiger partial charge on any atom is 0.363 e. The number of nitrogens with zero attached hydrogens (tertiary/aromatic N) is 2. The van der Waals surface area contributed by atoms with E-state index in [9.17, 15) is 19.7 Å². The van der Waals surface area contributed by atoms with Crippen LogP contribution in [0.5, 0.6) is 11.5 Å². The molecule has 0 aromatic heterocycles. The number of methoxy groups -OCH3 is 1. The first-order valence-corrected chi connectivity index (χ1v) is 8.91. The number of carbonyl (C=O) groups is 2. The van der Waals surface area contributed by atoms with Crippen LogP contribution >= 0.6 is 15.9 Å². The van der Waals surface area contributed by atoms with Gasteiger partial charge in [-0.25, -0.2) is 9.79 Å². The molecule has 3 rings (SSSR count). The molecule has 0 N–H and O–H groups in total. The molecule has 9 nitrogen and oxygen atoms in total. The van der Waals surface area contributed by atoms with Crippen molar-refractivity contribution in [1.82, 2.24) is 0 Å². The third-order valence-electron chi connectivity index (χ3n) is 3.75. The van der Waals surface area contributed by atoms with Crippen molar-refractivity contribution in [1.29, 1.82) is 0 Å². The van der Waals surface area contributed by atoms with Gasteiger partial charge in [-0.05, 0) is 51.8 Å². The predicted molar refractivity (Wildman–Crippen MR) is 106 cm³/mol. The summed E-state index contributed by atoms with van der Waals surface area (Å²) < 4.78 is 16.0. The Labute approximate surface area is 172 Å². The molecule has 148 valence electrons. The molecule has 2 aromatic carbocycles. The minimum absolute atomic E-state index is 0.0348. The summed E-state index contributed by atoms with van der Waals surface area (Å²) in [6.07, 6.45) is 1.48. The Morgan fingerprint density at radius 3 is 2.55 bits per heavy atom. The monoisotopic (exact) mass is 460 g/mol. The standard InChI is InChI=1S/C19H13BrN2O7/c1-10(23)28-17-14(20)7-11(9-16(17)27-2)8-15-19(24)29-18(21-15)12-3-5-13(6-4-12)22(25)26/h3-9H,1-2H3. The van der Waals surface area contributed by atoms with Crippen LogP contribution in [0.1, 0.15) is 18.1 Å². The first-order valence-electron chi connectivity index (χ1n) is 8.12. The van der Waals surface area contributed by atoms with Gasteiger partial charge in [0.1, 0.15) is 0 Å². The number of benzene rings is 2. The Morgan fingerprint density at radius 1 is 1.28 bits per heavy atom. The van der Waals surface area contributed by atoms with Crippen molar-refractivity contribution in [3.8, 4) is 11.5 Å². The summed E-state index contributed by atoms with van der Waals surface area (Å²) in [5, 5.41) is 10.7. The van der Waals surface area contributed by atoms with Crippen LogP contribution in [0, 0.1) is 10.1 Å². The molecule has 0 bridgehead atoms. The highest BCUT2D eigenvalue weighted by Crippen LogP contribution is 2.37. The van der Waals surface area contributed by atoms with Crippen molar-refractivity contribution in [2.75, 3.05) is 7.11 Å². The van der Waals surface area contributed by atoms with Gasteiger partial charge in [-0.1, -0.05) is 0 Å². The number of carbonyl (C=O) groups excluding carboxylic acids is 2. The summed E-state index contributed by atoms with van der Waals surface area (Å²) >= 11 is 3.31. The van der Waals surface area contributed by atoms with E-state index in [-0.39, 0.29) is 28.8 Å². The van der Waals surface area contributed by atoms with Gasteiger partial charge in [0.25, 0.3) is 5.69 Å². The Bertz CT molecular complexity index is 1070. The van der Waals surface area contributed by atoms with Gasteiger partial charge in [-0.15, -0.1) is 0 Å². The zero-order chi connectivity index (χ0) is 21.1. The molecule has 0 atom stereocenters. The molecular weight excluding hydrogens is 448 g/mol. The van der Waals surface area contributed by atoms with Crippen molar-refractivity contribution in [2.24, 2.45) is 4.99 Å². The van der Waals surface area contributed by atoms with Crippen LogP contribution in [-0.4, -0.2) is 29.9 Å². The molecule has 1 heterocycles. The first-order chi connectivity index (χ1) is 13.8. The Morgan fingerprint density at radius 2 is 1.97 bits per heavy atom. The molecule has 0 fully saturated rings. The van der Waals surface area contributed by atoms with E-state index in [0.29, 0.717) is 15.6 Å². The zero-order valence-corrected chi connectivity index (χ0v) is 16.8. The van der Waals surface area contributed by atoms with Gasteiger partial charge in [0, 0.05) is 24.6 Å². The largest absolute Gasteiger partial charge is 0.493 e. The Balaban J connectivity index is 1.93. The lowest BCUT2D eigenvalue weighted by Crippen LogP contribution is -2.05. The van der Waals surface area contributed by atoms with Crippen LogP contribution < -0.4 is 9.47 Å². The normalized spacial score (nSPS) is 14.4. The zero-order valence-electron chi connectivity index (χ0n) is 15.2. The molecule has 29 heavy (non-hydrogen) atoms. The number of cyclic esters (lactones) is 1. The molecule has 0 unspecified atom stereocenters. The van der Waals surface area contributed by atoms with Crippen molar-refractivity contribution in [2.45, 2.75) is 6.92 Å². The summed E-state index contributed by atoms with van der Waals surface area (Å²) in [4.78, 5) is 37.8. The second-order valence-electron chi connectivity index (χ2n) is 5.77. The van der Waals surface area contributed by atoms with Gasteiger partial charge in [-0.3, -0.25) is 14.9 Å². The lowest BCUT2D eigenvalue weighted by atomic mass is 10.1. The fourth-order valence-electron chi connectivity index (χ4n) is 2.48. The molecule has 0 spiro atoms. The van der Waals surface area contributed by atoms with Crippen molar-refractivity contribution in [3.05, 3.63) is 67.8 Å². The van der Waals surface area contributed by atoms with Gasteiger partial charge >= 0.3 is 11.9 Å². The minimum atomic E-state index is -0.669. The fraction of sp³-hybridized carbons (Fsp3) is 0.105.